The number of hydrogen-bond donors (Lipinski definition) is 2. The van der Waals surface area contributed by atoms with E-state index in [1.54, 1.807) is 0 Å². The van der Waals surface area contributed by atoms with Crippen molar-refractivity contribution >= 4 is 21.8 Å². The molecule has 0 spiro atoms. The van der Waals surface area contributed by atoms with Crippen LogP contribution in [0.5, 0.6) is 0 Å². The summed E-state index contributed by atoms with van der Waals surface area (Å²) >= 11 is 0. The number of allylic oxidation sites excluding steroid dienone is 4. The van der Waals surface area contributed by atoms with Gasteiger partial charge in [0.15, 0.2) is 0 Å². The lowest BCUT2D eigenvalue weighted by Gasteiger charge is -2.40. The SMILES string of the molecule is CC1(C2=CC(c3cccc(C#N)c3)NC(c3cccc(-n4c5ccccc5c5cc6c(cc54)-c4ccccc4C6(c4ccccc4)c4ccccc4)c3)N2)C=CC=CC1. The van der Waals surface area contributed by atoms with Gasteiger partial charge in [-0.1, -0.05) is 159 Å². The molecule has 0 bridgehead atoms. The van der Waals surface area contributed by atoms with Gasteiger partial charge in [0.05, 0.1) is 34.1 Å². The van der Waals surface area contributed by atoms with Gasteiger partial charge in [0.1, 0.15) is 6.17 Å². The van der Waals surface area contributed by atoms with Gasteiger partial charge in [-0.3, -0.25) is 5.32 Å². The molecule has 59 heavy (non-hydrogen) atoms. The molecule has 2 heterocycles. The maximum atomic E-state index is 9.77. The second kappa shape index (κ2) is 13.7. The van der Waals surface area contributed by atoms with E-state index in [9.17, 15) is 5.26 Å². The first kappa shape index (κ1) is 35.0. The van der Waals surface area contributed by atoms with E-state index >= 15 is 0 Å². The molecule has 0 fully saturated rings. The summed E-state index contributed by atoms with van der Waals surface area (Å²) in [7, 11) is 0. The second-order valence-electron chi connectivity index (χ2n) is 16.3. The molecule has 2 aliphatic carbocycles. The summed E-state index contributed by atoms with van der Waals surface area (Å²) in [6.45, 7) is 2.30. The van der Waals surface area contributed by atoms with Crippen molar-refractivity contribution in [3.8, 4) is 22.9 Å². The highest BCUT2D eigenvalue weighted by molar-refractivity contribution is 6.11. The number of nitrogens with one attached hydrogen (secondary N) is 2. The molecule has 0 saturated heterocycles. The van der Waals surface area contributed by atoms with Crippen LogP contribution in [0.2, 0.25) is 0 Å². The lowest BCUT2D eigenvalue weighted by Crippen LogP contribution is -2.44. The molecule has 1 aromatic heterocycles. The summed E-state index contributed by atoms with van der Waals surface area (Å²) in [4.78, 5) is 0. The fraction of sp³-hybridized carbons (Fsp3) is 0.109. The summed E-state index contributed by atoms with van der Waals surface area (Å²) in [5.41, 5.74) is 14.5. The Kier molecular flexibility index (Phi) is 8.15. The first-order valence-corrected chi connectivity index (χ1v) is 20.5. The summed E-state index contributed by atoms with van der Waals surface area (Å²) in [6, 6.07) is 64.0. The Morgan fingerprint density at radius 3 is 2.14 bits per heavy atom. The van der Waals surface area contributed by atoms with Gasteiger partial charge in [0, 0.05) is 27.6 Å². The lowest BCUT2D eigenvalue weighted by atomic mass is 9.67. The van der Waals surface area contributed by atoms with Crippen molar-refractivity contribution < 1.29 is 0 Å². The van der Waals surface area contributed by atoms with E-state index < -0.39 is 5.41 Å². The number of nitriles is 1. The molecule has 2 N–H and O–H groups in total. The van der Waals surface area contributed by atoms with Crippen molar-refractivity contribution in [2.24, 2.45) is 5.41 Å². The fourth-order valence-electron chi connectivity index (χ4n) is 10.1. The maximum Gasteiger partial charge on any atom is 0.104 e. The molecule has 0 saturated carbocycles. The first-order chi connectivity index (χ1) is 29.0. The zero-order valence-electron chi connectivity index (χ0n) is 32.8. The zero-order chi connectivity index (χ0) is 39.6. The van der Waals surface area contributed by atoms with Crippen LogP contribution < -0.4 is 10.6 Å². The van der Waals surface area contributed by atoms with Gasteiger partial charge < -0.3 is 9.88 Å². The van der Waals surface area contributed by atoms with E-state index in [1.165, 1.54) is 60.9 Å². The smallest absolute Gasteiger partial charge is 0.104 e. The van der Waals surface area contributed by atoms with Crippen molar-refractivity contribution in [1.82, 2.24) is 15.2 Å². The number of fused-ring (bicyclic) bond motifs is 6. The summed E-state index contributed by atoms with van der Waals surface area (Å²) < 4.78 is 2.45. The quantitative estimate of drug-likeness (QED) is 0.178. The summed E-state index contributed by atoms with van der Waals surface area (Å²) in [5.74, 6) is 0. The van der Waals surface area contributed by atoms with E-state index in [1.807, 2.05) is 18.2 Å². The van der Waals surface area contributed by atoms with Crippen LogP contribution in [0.3, 0.4) is 0 Å². The van der Waals surface area contributed by atoms with Crippen LogP contribution in [-0.4, -0.2) is 4.57 Å². The Bertz CT molecular complexity index is 3030. The van der Waals surface area contributed by atoms with Gasteiger partial charge >= 0.3 is 0 Å². The highest BCUT2D eigenvalue weighted by Gasteiger charge is 2.46. The molecule has 1 aliphatic heterocycles. The number of nitrogens with zero attached hydrogens (tertiary/aromatic N) is 2. The van der Waals surface area contributed by atoms with Gasteiger partial charge in [-0.25, -0.2) is 0 Å². The third-order valence-electron chi connectivity index (χ3n) is 12.9. The van der Waals surface area contributed by atoms with E-state index in [0.29, 0.717) is 5.56 Å². The molecule has 8 aromatic rings. The molecule has 7 aromatic carbocycles. The van der Waals surface area contributed by atoms with Crippen molar-refractivity contribution in [3.05, 3.63) is 245 Å². The van der Waals surface area contributed by atoms with Crippen molar-refractivity contribution in [2.45, 2.75) is 31.0 Å². The highest BCUT2D eigenvalue weighted by Crippen LogP contribution is 2.57. The topological polar surface area (TPSA) is 52.8 Å². The zero-order valence-corrected chi connectivity index (χ0v) is 32.8. The molecule has 11 rings (SSSR count). The van der Waals surface area contributed by atoms with Crippen molar-refractivity contribution in [1.29, 1.82) is 5.26 Å². The van der Waals surface area contributed by atoms with Crippen LogP contribution in [0, 0.1) is 16.7 Å². The van der Waals surface area contributed by atoms with Crippen LogP contribution in [0.15, 0.2) is 206 Å². The number of rotatable bonds is 6. The minimum atomic E-state index is -0.474. The Hall–Kier alpha value is -7.19. The van der Waals surface area contributed by atoms with Gasteiger partial charge in [-0.05, 0) is 99.5 Å². The van der Waals surface area contributed by atoms with Gasteiger partial charge in [-0.15, -0.1) is 0 Å². The minimum Gasteiger partial charge on any atom is -0.369 e. The number of aromatic nitrogens is 1. The predicted molar refractivity (Wildman–Crippen MR) is 240 cm³/mol. The monoisotopic (exact) mass is 758 g/mol. The Morgan fingerprint density at radius 1 is 0.627 bits per heavy atom. The average Bonchev–Trinajstić information content (AvgIpc) is 3.79. The van der Waals surface area contributed by atoms with Crippen LogP contribution in [-0.2, 0) is 5.41 Å². The summed E-state index contributed by atoms with van der Waals surface area (Å²) in [6.07, 6.45) is 11.8. The normalized spacial score (nSPS) is 20.1. The molecule has 4 heteroatoms. The third-order valence-corrected chi connectivity index (χ3v) is 12.9. The maximum absolute atomic E-state index is 9.77. The van der Waals surface area contributed by atoms with E-state index in [-0.39, 0.29) is 17.6 Å². The van der Waals surface area contributed by atoms with E-state index in [2.05, 4.69) is 210 Å². The molecule has 3 aliphatic rings. The summed E-state index contributed by atoms with van der Waals surface area (Å²) in [5, 5.41) is 20.1. The standard InChI is InChI=1S/C55H42N4/c1-54(29-13-4-14-30-54)52-35-49(38-18-15-17-37(31-38)36-56)57-53(58-52)39-19-16-24-42(32-39)59-50-28-12-10-26-44(50)46-33-48-45(34-51(46)59)43-25-9-11-27-47(43)55(48,40-20-5-2-6-21-40)41-22-7-3-8-23-41/h2-29,31-35,49,53,57-58H,30H2,1H3. The van der Waals surface area contributed by atoms with Gasteiger partial charge in [-0.2, -0.15) is 5.26 Å². The van der Waals surface area contributed by atoms with Crippen molar-refractivity contribution in [2.75, 3.05) is 0 Å². The average molecular weight is 759 g/mol. The molecular weight excluding hydrogens is 717 g/mol. The largest absolute Gasteiger partial charge is 0.369 e. The second-order valence-corrected chi connectivity index (χ2v) is 16.3. The van der Waals surface area contributed by atoms with Crippen molar-refractivity contribution in [3.63, 3.8) is 0 Å². The Labute approximate surface area is 345 Å². The van der Waals surface area contributed by atoms with Crippen LogP contribution in [0.1, 0.15) is 64.5 Å². The molecule has 3 atom stereocenters. The van der Waals surface area contributed by atoms with E-state index in [0.717, 1.165) is 23.2 Å². The third kappa shape index (κ3) is 5.47. The molecular formula is C55H42N4. The molecule has 4 nitrogen and oxygen atoms in total. The van der Waals surface area contributed by atoms with Crippen LogP contribution >= 0.6 is 0 Å². The van der Waals surface area contributed by atoms with E-state index in [4.69, 9.17) is 0 Å². The van der Waals surface area contributed by atoms with Crippen LogP contribution in [0.4, 0.5) is 0 Å². The predicted octanol–water partition coefficient (Wildman–Crippen LogP) is 12.4. The molecule has 0 amide bonds. The van der Waals surface area contributed by atoms with Gasteiger partial charge in [0.2, 0.25) is 0 Å². The lowest BCUT2D eigenvalue weighted by molar-refractivity contribution is 0.355. The minimum absolute atomic E-state index is 0.0882. The Morgan fingerprint density at radius 2 is 1.36 bits per heavy atom. The number of para-hydroxylation sites is 1. The van der Waals surface area contributed by atoms with Gasteiger partial charge in [0.25, 0.3) is 0 Å². The number of benzene rings is 7. The molecule has 0 radical (unpaired) electrons. The van der Waals surface area contributed by atoms with Crippen LogP contribution in [0.25, 0.3) is 38.6 Å². The fourth-order valence-corrected chi connectivity index (χ4v) is 10.1. The molecule has 3 unspecified atom stereocenters. The number of hydrogen-bond acceptors (Lipinski definition) is 3. The molecule has 282 valence electrons. The Balaban J connectivity index is 1.09. The highest BCUT2D eigenvalue weighted by atomic mass is 15.2. The first-order valence-electron chi connectivity index (χ1n) is 20.5.